The first kappa shape index (κ1) is 36.0. The molecule has 0 saturated heterocycles. The number of hydrogen-bond donors (Lipinski definition) is 0. The van der Waals surface area contributed by atoms with Gasteiger partial charge in [-0.25, -0.2) is 19.2 Å². The highest BCUT2D eigenvalue weighted by Crippen LogP contribution is 2.37. The van der Waals surface area contributed by atoms with Gasteiger partial charge in [-0.2, -0.15) is 0 Å². The molecule has 0 aliphatic heterocycles. The molecule has 0 radical (unpaired) electrons. The molecule has 10 heteroatoms. The Morgan fingerprint density at radius 1 is 0.462 bits per heavy atom. The summed E-state index contributed by atoms with van der Waals surface area (Å²) >= 11 is 0. The van der Waals surface area contributed by atoms with Crippen LogP contribution in [0.3, 0.4) is 0 Å². The van der Waals surface area contributed by atoms with Gasteiger partial charge in [-0.05, 0) is 69.1 Å². The van der Waals surface area contributed by atoms with Crippen molar-refractivity contribution in [3.05, 3.63) is 120 Å². The molecule has 6 rings (SSSR count). The summed E-state index contributed by atoms with van der Waals surface area (Å²) in [6.45, 7) is 2.85. The van der Waals surface area contributed by atoms with Crippen LogP contribution in [0.25, 0.3) is 43.1 Å². The fourth-order valence-corrected chi connectivity index (χ4v) is 6.62. The van der Waals surface area contributed by atoms with Gasteiger partial charge in [0, 0.05) is 25.3 Å². The molecular weight excluding hydrogens is 664 g/mol. The van der Waals surface area contributed by atoms with Crippen LogP contribution in [-0.2, 0) is 47.6 Å². The minimum atomic E-state index is -2.06. The largest absolute Gasteiger partial charge is 0.463 e. The molecular formula is C42H38O10. The minimum absolute atomic E-state index is 0.124. The van der Waals surface area contributed by atoms with E-state index < -0.39 is 48.3 Å². The summed E-state index contributed by atoms with van der Waals surface area (Å²) in [7, 11) is 2.67. The van der Waals surface area contributed by atoms with Crippen LogP contribution >= 0.6 is 0 Å². The molecule has 0 aliphatic carbocycles. The Hall–Kier alpha value is -5.84. The van der Waals surface area contributed by atoms with Crippen molar-refractivity contribution in [2.24, 2.45) is 0 Å². The minimum Gasteiger partial charge on any atom is -0.463 e. The molecule has 0 N–H and O–H groups in total. The van der Waals surface area contributed by atoms with Gasteiger partial charge in [-0.3, -0.25) is 0 Å². The predicted molar refractivity (Wildman–Crippen MR) is 195 cm³/mol. The molecule has 0 amide bonds. The zero-order valence-corrected chi connectivity index (χ0v) is 29.2. The van der Waals surface area contributed by atoms with Crippen molar-refractivity contribution < 1.29 is 47.6 Å². The van der Waals surface area contributed by atoms with Crippen LogP contribution in [0.4, 0.5) is 0 Å². The van der Waals surface area contributed by atoms with Crippen LogP contribution in [0.5, 0.6) is 0 Å². The summed E-state index contributed by atoms with van der Waals surface area (Å²) in [5, 5.41) is 6.26. The second kappa shape index (κ2) is 16.0. The molecule has 0 bridgehead atoms. The van der Waals surface area contributed by atoms with E-state index in [9.17, 15) is 19.2 Å². The molecule has 0 heterocycles. The van der Waals surface area contributed by atoms with Gasteiger partial charge in [0.05, 0.1) is 13.2 Å². The quantitative estimate of drug-likeness (QED) is 0.0687. The van der Waals surface area contributed by atoms with Gasteiger partial charge in [-0.1, -0.05) is 97.1 Å². The first-order chi connectivity index (χ1) is 25.3. The van der Waals surface area contributed by atoms with E-state index in [0.29, 0.717) is 11.1 Å². The molecule has 4 atom stereocenters. The van der Waals surface area contributed by atoms with E-state index in [-0.39, 0.29) is 13.2 Å². The van der Waals surface area contributed by atoms with Gasteiger partial charge in [-0.15, -0.1) is 0 Å². The first-order valence-electron chi connectivity index (χ1n) is 16.9. The van der Waals surface area contributed by atoms with E-state index in [4.69, 9.17) is 28.4 Å². The topological polar surface area (TPSA) is 124 Å². The monoisotopic (exact) mass is 702 g/mol. The van der Waals surface area contributed by atoms with Gasteiger partial charge in [0.1, 0.15) is 0 Å². The van der Waals surface area contributed by atoms with Crippen molar-refractivity contribution in [3.63, 3.8) is 0 Å². The molecule has 2 unspecified atom stereocenters. The van der Waals surface area contributed by atoms with Crippen molar-refractivity contribution in [2.45, 2.75) is 38.3 Å². The standard InChI is InChI=1S/C42H38O10/c1-5-49-39(43)37(51-41(45)35(47-3)33-29-19-11-7-15-25(29)23-26-16-8-12-20-30(26)33)38(40(44)50-6-2)52-42(46)36(48-4)34-31-21-13-9-17-27(31)24-28-18-10-14-22-32(28)34/h7-24,35-38H,5-6H2,1-4H3/t35?,36?,37-,38+. The van der Waals surface area contributed by atoms with E-state index in [1.165, 1.54) is 14.2 Å². The van der Waals surface area contributed by atoms with Gasteiger partial charge in [0.15, 0.2) is 12.2 Å². The average molecular weight is 703 g/mol. The number of ether oxygens (including phenoxy) is 6. The second-order valence-corrected chi connectivity index (χ2v) is 11.9. The molecule has 0 aromatic heterocycles. The van der Waals surface area contributed by atoms with Gasteiger partial charge in [0.2, 0.25) is 12.2 Å². The smallest absolute Gasteiger partial charge is 0.352 e. The number of hydrogen-bond acceptors (Lipinski definition) is 10. The molecule has 0 spiro atoms. The number of benzene rings is 6. The zero-order chi connectivity index (χ0) is 36.8. The third-order valence-electron chi connectivity index (χ3n) is 8.85. The molecule has 52 heavy (non-hydrogen) atoms. The maximum absolute atomic E-state index is 14.2. The molecule has 0 fully saturated rings. The maximum Gasteiger partial charge on any atom is 0.352 e. The predicted octanol–water partition coefficient (Wildman–Crippen LogP) is 7.32. The zero-order valence-electron chi connectivity index (χ0n) is 29.2. The number of rotatable bonds is 13. The van der Waals surface area contributed by atoms with Crippen LogP contribution in [0.1, 0.15) is 37.2 Å². The highest BCUT2D eigenvalue weighted by Gasteiger charge is 2.45. The van der Waals surface area contributed by atoms with Crippen LogP contribution in [0.2, 0.25) is 0 Å². The Morgan fingerprint density at radius 2 is 0.750 bits per heavy atom. The highest BCUT2D eigenvalue weighted by atomic mass is 16.7. The van der Waals surface area contributed by atoms with Crippen molar-refractivity contribution in [1.82, 2.24) is 0 Å². The van der Waals surface area contributed by atoms with Crippen molar-refractivity contribution in [3.8, 4) is 0 Å². The highest BCUT2D eigenvalue weighted by molar-refractivity contribution is 6.06. The van der Waals surface area contributed by atoms with Crippen LogP contribution in [0.15, 0.2) is 109 Å². The fraction of sp³-hybridized carbons (Fsp3) is 0.238. The number of carbonyl (C=O) groups is 4. The van der Waals surface area contributed by atoms with Crippen LogP contribution in [0, 0.1) is 0 Å². The van der Waals surface area contributed by atoms with Gasteiger partial charge >= 0.3 is 23.9 Å². The summed E-state index contributed by atoms with van der Waals surface area (Å²) in [6.07, 6.45) is -6.84. The number of carbonyl (C=O) groups excluding carboxylic acids is 4. The third-order valence-corrected chi connectivity index (χ3v) is 8.85. The Bertz CT molecular complexity index is 2010. The van der Waals surface area contributed by atoms with Gasteiger partial charge in [0.25, 0.3) is 0 Å². The first-order valence-corrected chi connectivity index (χ1v) is 16.9. The maximum atomic E-state index is 14.2. The second-order valence-electron chi connectivity index (χ2n) is 11.9. The van der Waals surface area contributed by atoms with Crippen molar-refractivity contribution in [2.75, 3.05) is 27.4 Å². The number of esters is 4. The Morgan fingerprint density at radius 3 is 1.02 bits per heavy atom. The number of methoxy groups -OCH3 is 2. The van der Waals surface area contributed by atoms with Crippen molar-refractivity contribution in [1.29, 1.82) is 0 Å². The molecule has 6 aromatic carbocycles. The molecule has 10 nitrogen and oxygen atoms in total. The SMILES string of the molecule is CCOC(=O)[C@@H](OC(=O)C(OC)c1c2ccccc2cc2ccccc12)[C@@H](OC(=O)C(OC)c1c2ccccc2cc2ccccc12)C(=O)OCC. The van der Waals surface area contributed by atoms with Gasteiger partial charge < -0.3 is 28.4 Å². The summed E-state index contributed by atoms with van der Waals surface area (Å²) in [4.78, 5) is 55.5. The van der Waals surface area contributed by atoms with E-state index in [0.717, 1.165) is 43.1 Å². The number of fused-ring (bicyclic) bond motifs is 4. The normalized spacial score (nSPS) is 13.7. The third kappa shape index (κ3) is 7.03. The average Bonchev–Trinajstić information content (AvgIpc) is 3.16. The molecule has 0 aliphatic rings. The lowest BCUT2D eigenvalue weighted by molar-refractivity contribution is -0.198. The summed E-state index contributed by atoms with van der Waals surface area (Å²) in [5.74, 6) is -4.28. The lowest BCUT2D eigenvalue weighted by Crippen LogP contribution is -2.48. The van der Waals surface area contributed by atoms with E-state index in [2.05, 4.69) is 0 Å². The van der Waals surface area contributed by atoms with Crippen LogP contribution in [-0.4, -0.2) is 63.5 Å². The lowest BCUT2D eigenvalue weighted by atomic mass is 9.93. The lowest BCUT2D eigenvalue weighted by Gasteiger charge is -2.27. The van der Waals surface area contributed by atoms with E-state index >= 15 is 0 Å². The fourth-order valence-electron chi connectivity index (χ4n) is 6.62. The Labute approximate surface area is 300 Å². The summed E-state index contributed by atoms with van der Waals surface area (Å²) < 4.78 is 33.6. The Kier molecular flexibility index (Phi) is 11.1. The molecule has 266 valence electrons. The molecule has 6 aromatic rings. The summed E-state index contributed by atoms with van der Waals surface area (Å²) in [5.41, 5.74) is 0.992. The van der Waals surface area contributed by atoms with Crippen LogP contribution < -0.4 is 0 Å². The van der Waals surface area contributed by atoms with E-state index in [1.54, 1.807) is 13.8 Å². The Balaban J connectivity index is 1.40. The van der Waals surface area contributed by atoms with Crippen molar-refractivity contribution >= 4 is 67.0 Å². The van der Waals surface area contributed by atoms with E-state index in [1.807, 2.05) is 109 Å². The summed E-state index contributed by atoms with van der Waals surface area (Å²) in [6, 6.07) is 33.9. The molecule has 0 saturated carbocycles.